The van der Waals surface area contributed by atoms with Crippen LogP contribution in [0.3, 0.4) is 0 Å². The predicted octanol–water partition coefficient (Wildman–Crippen LogP) is 4.03. The third-order valence-electron chi connectivity index (χ3n) is 2.58. The number of para-hydroxylation sites is 1. The second-order valence-corrected chi connectivity index (χ2v) is 4.73. The second-order valence-electron chi connectivity index (χ2n) is 4.29. The van der Waals surface area contributed by atoms with E-state index in [4.69, 9.17) is 16.3 Å². The molecule has 0 radical (unpaired) electrons. The minimum Gasteiger partial charge on any atom is -0.471 e. The van der Waals surface area contributed by atoms with Gasteiger partial charge in [-0.15, -0.1) is 0 Å². The van der Waals surface area contributed by atoms with Gasteiger partial charge >= 0.3 is 6.03 Å². The van der Waals surface area contributed by atoms with Gasteiger partial charge < -0.3 is 15.4 Å². The third-order valence-corrected chi connectivity index (χ3v) is 2.83. The fourth-order valence-corrected chi connectivity index (χ4v) is 1.78. The van der Waals surface area contributed by atoms with Crippen LogP contribution < -0.4 is 15.4 Å². The molecule has 0 aliphatic rings. The van der Waals surface area contributed by atoms with Crippen molar-refractivity contribution in [3.63, 3.8) is 0 Å². The highest BCUT2D eigenvalue weighted by atomic mass is 35.5. The quantitative estimate of drug-likeness (QED) is 0.838. The van der Waals surface area contributed by atoms with Gasteiger partial charge in [0.1, 0.15) is 11.6 Å². The highest BCUT2D eigenvalue weighted by Gasteiger charge is 2.10. The SMILES string of the molecule is CC(NC(=O)Nc1ccccc1F)Oc1ccc(Cl)cc1. The number of hydrogen-bond donors (Lipinski definition) is 2. The Morgan fingerprint density at radius 1 is 1.19 bits per heavy atom. The van der Waals surface area contributed by atoms with Gasteiger partial charge in [-0.1, -0.05) is 23.7 Å². The number of hydrogen-bond acceptors (Lipinski definition) is 2. The van der Waals surface area contributed by atoms with Crippen LogP contribution in [0.1, 0.15) is 6.92 Å². The molecule has 2 aromatic carbocycles. The summed E-state index contributed by atoms with van der Waals surface area (Å²) in [6, 6.07) is 12.1. The van der Waals surface area contributed by atoms with Gasteiger partial charge in [0.05, 0.1) is 5.69 Å². The highest BCUT2D eigenvalue weighted by molar-refractivity contribution is 6.30. The number of carbonyl (C=O) groups excluding carboxylic acids is 1. The minimum atomic E-state index is -0.585. The van der Waals surface area contributed by atoms with Gasteiger partial charge in [-0.05, 0) is 43.3 Å². The number of anilines is 1. The number of benzene rings is 2. The Morgan fingerprint density at radius 2 is 1.86 bits per heavy atom. The lowest BCUT2D eigenvalue weighted by molar-refractivity contribution is 0.183. The van der Waals surface area contributed by atoms with E-state index < -0.39 is 18.1 Å². The second kappa shape index (κ2) is 6.95. The van der Waals surface area contributed by atoms with Gasteiger partial charge in [-0.3, -0.25) is 0 Å². The van der Waals surface area contributed by atoms with Gasteiger partial charge in [0.15, 0.2) is 6.23 Å². The zero-order valence-electron chi connectivity index (χ0n) is 11.3. The van der Waals surface area contributed by atoms with Gasteiger partial charge in [0, 0.05) is 5.02 Å². The van der Waals surface area contributed by atoms with E-state index in [1.54, 1.807) is 43.3 Å². The maximum absolute atomic E-state index is 13.4. The molecule has 2 amide bonds. The Kier molecular flexibility index (Phi) is 5.00. The summed E-state index contributed by atoms with van der Waals surface area (Å²) in [5, 5.41) is 5.55. The van der Waals surface area contributed by atoms with Crippen molar-refractivity contribution in [1.82, 2.24) is 5.32 Å². The first-order valence-electron chi connectivity index (χ1n) is 6.29. The normalized spacial score (nSPS) is 11.6. The van der Waals surface area contributed by atoms with Crippen molar-refractivity contribution < 1.29 is 13.9 Å². The molecule has 0 heterocycles. The van der Waals surface area contributed by atoms with Crippen molar-refractivity contribution in [2.75, 3.05) is 5.32 Å². The van der Waals surface area contributed by atoms with Crippen molar-refractivity contribution in [3.8, 4) is 5.75 Å². The molecular formula is C15H14ClFN2O2. The van der Waals surface area contributed by atoms with Crippen molar-refractivity contribution in [2.24, 2.45) is 0 Å². The molecule has 2 N–H and O–H groups in total. The molecule has 0 aliphatic carbocycles. The Bertz CT molecular complexity index is 619. The van der Waals surface area contributed by atoms with Crippen LogP contribution in [0.15, 0.2) is 48.5 Å². The summed E-state index contributed by atoms with van der Waals surface area (Å²) in [7, 11) is 0. The number of urea groups is 1. The lowest BCUT2D eigenvalue weighted by Gasteiger charge is -2.17. The first kappa shape index (κ1) is 15.1. The van der Waals surface area contributed by atoms with Crippen molar-refractivity contribution in [3.05, 3.63) is 59.4 Å². The first-order valence-corrected chi connectivity index (χ1v) is 6.66. The fraction of sp³-hybridized carbons (Fsp3) is 0.133. The average molecular weight is 309 g/mol. The lowest BCUT2D eigenvalue weighted by atomic mass is 10.3. The van der Waals surface area contributed by atoms with Crippen LogP contribution in [0.5, 0.6) is 5.75 Å². The maximum atomic E-state index is 13.4. The third kappa shape index (κ3) is 4.65. The molecule has 0 aliphatic heterocycles. The van der Waals surface area contributed by atoms with E-state index in [0.717, 1.165) is 0 Å². The number of halogens is 2. The van der Waals surface area contributed by atoms with E-state index >= 15 is 0 Å². The highest BCUT2D eigenvalue weighted by Crippen LogP contribution is 2.16. The van der Waals surface area contributed by atoms with Crippen molar-refractivity contribution >= 4 is 23.3 Å². The molecule has 0 saturated carbocycles. The van der Waals surface area contributed by atoms with Gasteiger partial charge in [-0.25, -0.2) is 9.18 Å². The van der Waals surface area contributed by atoms with Crippen LogP contribution in [-0.4, -0.2) is 12.3 Å². The van der Waals surface area contributed by atoms with Crippen LogP contribution in [0.2, 0.25) is 5.02 Å². The van der Waals surface area contributed by atoms with Crippen molar-refractivity contribution in [2.45, 2.75) is 13.2 Å². The van der Waals surface area contributed by atoms with E-state index in [1.807, 2.05) is 0 Å². The molecule has 1 atom stereocenters. The molecule has 2 rings (SSSR count). The van der Waals surface area contributed by atoms with E-state index in [0.29, 0.717) is 10.8 Å². The van der Waals surface area contributed by atoms with Gasteiger partial charge in [0.25, 0.3) is 0 Å². The molecule has 0 bridgehead atoms. The molecule has 0 aromatic heterocycles. The molecule has 0 spiro atoms. The molecule has 1 unspecified atom stereocenters. The molecule has 0 fully saturated rings. The molecule has 110 valence electrons. The Labute approximate surface area is 126 Å². The molecular weight excluding hydrogens is 295 g/mol. The summed E-state index contributed by atoms with van der Waals surface area (Å²) in [5.74, 6) is 0.0667. The number of nitrogens with one attached hydrogen (secondary N) is 2. The zero-order chi connectivity index (χ0) is 15.2. The summed E-state index contributed by atoms with van der Waals surface area (Å²) in [6.45, 7) is 1.66. The van der Waals surface area contributed by atoms with Crippen molar-refractivity contribution in [1.29, 1.82) is 0 Å². The first-order chi connectivity index (χ1) is 10.0. The van der Waals surface area contributed by atoms with Gasteiger partial charge in [-0.2, -0.15) is 0 Å². The number of carbonyl (C=O) groups is 1. The lowest BCUT2D eigenvalue weighted by Crippen LogP contribution is -2.39. The van der Waals surface area contributed by atoms with E-state index in [-0.39, 0.29) is 5.69 Å². The monoisotopic (exact) mass is 308 g/mol. The topological polar surface area (TPSA) is 50.4 Å². The Balaban J connectivity index is 1.87. The van der Waals surface area contributed by atoms with E-state index in [2.05, 4.69) is 10.6 Å². The summed E-state index contributed by atoms with van der Waals surface area (Å²) < 4.78 is 18.9. The molecule has 4 nitrogen and oxygen atoms in total. The Hall–Kier alpha value is -2.27. The Morgan fingerprint density at radius 3 is 2.52 bits per heavy atom. The van der Waals surface area contributed by atoms with Crippen LogP contribution in [-0.2, 0) is 0 Å². The smallest absolute Gasteiger partial charge is 0.322 e. The fourth-order valence-electron chi connectivity index (χ4n) is 1.65. The standard InChI is InChI=1S/C15H14ClFN2O2/c1-10(21-12-8-6-11(16)7-9-12)18-15(20)19-14-5-3-2-4-13(14)17/h2-10H,1H3,(H2,18,19,20). The summed E-state index contributed by atoms with van der Waals surface area (Å²) in [5.41, 5.74) is 0.105. The molecule has 0 saturated heterocycles. The average Bonchev–Trinajstić information content (AvgIpc) is 2.44. The number of rotatable bonds is 4. The minimum absolute atomic E-state index is 0.105. The van der Waals surface area contributed by atoms with Crippen LogP contribution in [0, 0.1) is 5.82 Å². The maximum Gasteiger partial charge on any atom is 0.322 e. The van der Waals surface area contributed by atoms with E-state index in [1.165, 1.54) is 12.1 Å². The van der Waals surface area contributed by atoms with Crippen LogP contribution in [0.25, 0.3) is 0 Å². The summed E-state index contributed by atoms with van der Waals surface area (Å²) >= 11 is 5.77. The van der Waals surface area contributed by atoms with Crippen LogP contribution >= 0.6 is 11.6 Å². The molecule has 6 heteroatoms. The molecule has 21 heavy (non-hydrogen) atoms. The van der Waals surface area contributed by atoms with Crippen LogP contribution in [0.4, 0.5) is 14.9 Å². The number of ether oxygens (including phenoxy) is 1. The summed E-state index contributed by atoms with van der Waals surface area (Å²) in [6.07, 6.45) is -0.585. The van der Waals surface area contributed by atoms with Gasteiger partial charge in [0.2, 0.25) is 0 Å². The molecule has 2 aromatic rings. The van der Waals surface area contributed by atoms with E-state index in [9.17, 15) is 9.18 Å². The largest absolute Gasteiger partial charge is 0.471 e. The zero-order valence-corrected chi connectivity index (χ0v) is 12.0. The number of amides is 2. The predicted molar refractivity (Wildman–Crippen MR) is 80.1 cm³/mol. The summed E-state index contributed by atoms with van der Waals surface area (Å²) in [4.78, 5) is 11.7.